The van der Waals surface area contributed by atoms with Crippen molar-refractivity contribution in [3.05, 3.63) is 83.7 Å². The van der Waals surface area contributed by atoms with Gasteiger partial charge in [0.2, 0.25) is 6.41 Å². The Kier molecular flexibility index (Phi) is 7.55. The van der Waals surface area contributed by atoms with Gasteiger partial charge in [-0.05, 0) is 72.9 Å². The van der Waals surface area contributed by atoms with Crippen LogP contribution in [0.4, 0.5) is 5.69 Å². The van der Waals surface area contributed by atoms with E-state index in [0.717, 1.165) is 72.2 Å². The number of unbranched alkanes of at least 4 members (excludes halogenated alkanes) is 2. The van der Waals surface area contributed by atoms with Gasteiger partial charge in [-0.2, -0.15) is 0 Å². The number of nitrogens with one attached hydrogen (secondary N) is 3. The molecule has 1 amide bonds. The van der Waals surface area contributed by atoms with Gasteiger partial charge in [0.1, 0.15) is 11.4 Å². The first kappa shape index (κ1) is 23.0. The van der Waals surface area contributed by atoms with Crippen LogP contribution in [0.2, 0.25) is 0 Å². The van der Waals surface area contributed by atoms with Gasteiger partial charge in [0.25, 0.3) is 0 Å². The lowest BCUT2D eigenvalue weighted by molar-refractivity contribution is -0.109. The smallest absolute Gasteiger partial charge is 0.207 e. The Morgan fingerprint density at radius 1 is 1.00 bits per heavy atom. The molecule has 4 N–H and O–H groups in total. The Labute approximate surface area is 199 Å². The Hall–Kier alpha value is -4.13. The summed E-state index contributed by atoms with van der Waals surface area (Å²) < 4.78 is 2.04. The van der Waals surface area contributed by atoms with Gasteiger partial charge in [-0.3, -0.25) is 4.79 Å². The van der Waals surface area contributed by atoms with Crippen LogP contribution in [0.3, 0.4) is 0 Å². The maximum Gasteiger partial charge on any atom is 0.207 e. The quantitative estimate of drug-likeness (QED) is 0.140. The lowest BCUT2D eigenvalue weighted by Gasteiger charge is -2.13. The Balaban J connectivity index is 1.45. The number of carbonyl (C=O) groups excluding carboxylic acids is 1. The molecule has 34 heavy (non-hydrogen) atoms. The monoisotopic (exact) mass is 455 g/mol. The zero-order valence-corrected chi connectivity index (χ0v) is 19.0. The molecule has 4 rings (SSSR count). The molecule has 0 atom stereocenters. The van der Waals surface area contributed by atoms with E-state index in [-0.39, 0.29) is 5.75 Å². The molecule has 2 aromatic heterocycles. The molecule has 0 spiro atoms. The summed E-state index contributed by atoms with van der Waals surface area (Å²) in [6, 6.07) is 17.3. The molecule has 0 bridgehead atoms. The molecule has 0 aliphatic carbocycles. The van der Waals surface area contributed by atoms with E-state index in [2.05, 4.69) is 22.8 Å². The van der Waals surface area contributed by atoms with Crippen LogP contribution in [0.1, 0.15) is 36.0 Å². The van der Waals surface area contributed by atoms with E-state index in [4.69, 9.17) is 10.4 Å². The number of aromatic nitrogens is 2. The van der Waals surface area contributed by atoms with Crippen LogP contribution >= 0.6 is 0 Å². The van der Waals surface area contributed by atoms with Crippen molar-refractivity contribution < 1.29 is 9.90 Å². The van der Waals surface area contributed by atoms with Crippen LogP contribution < -0.4 is 10.6 Å². The number of phenols is 1. The maximum absolute atomic E-state index is 10.3. The SMILES string of the molecule is N=Cc1cc(-n2ccc3cc(CCCCCNC=O)cnc32)ccc1NCc1ccc(O)cc1. The van der Waals surface area contributed by atoms with E-state index in [1.807, 2.05) is 47.3 Å². The summed E-state index contributed by atoms with van der Waals surface area (Å²) in [4.78, 5) is 15.0. The predicted octanol–water partition coefficient (Wildman–Crippen LogP) is 4.80. The minimum absolute atomic E-state index is 0.247. The average Bonchev–Trinajstić information content (AvgIpc) is 3.29. The standard InChI is InChI=1S/C27H29N5O2/c28-16-23-15-24(7-10-26(23)30-17-20-5-8-25(34)9-6-20)32-13-11-22-14-21(18-31-27(22)32)4-2-1-3-12-29-19-33/h5-11,13-16,18-19,28,30,34H,1-4,12,17H2,(H,29,33). The van der Waals surface area contributed by atoms with Crippen LogP contribution in [0.15, 0.2) is 67.0 Å². The van der Waals surface area contributed by atoms with E-state index >= 15 is 0 Å². The fourth-order valence-corrected chi connectivity index (χ4v) is 4.00. The van der Waals surface area contributed by atoms with Gasteiger partial charge in [-0.25, -0.2) is 4.98 Å². The van der Waals surface area contributed by atoms with Crippen LogP contribution in [0, 0.1) is 5.41 Å². The van der Waals surface area contributed by atoms with Crippen molar-refractivity contribution in [1.29, 1.82) is 5.41 Å². The number of aromatic hydroxyl groups is 1. The minimum atomic E-state index is 0.247. The molecule has 174 valence electrons. The highest BCUT2D eigenvalue weighted by Crippen LogP contribution is 2.24. The van der Waals surface area contributed by atoms with Crippen LogP contribution in [-0.4, -0.2) is 33.8 Å². The van der Waals surface area contributed by atoms with Gasteiger partial charge < -0.3 is 25.7 Å². The lowest BCUT2D eigenvalue weighted by atomic mass is 10.1. The number of hydrogen-bond donors (Lipinski definition) is 4. The summed E-state index contributed by atoms with van der Waals surface area (Å²) in [5.74, 6) is 0.247. The molecule has 0 radical (unpaired) electrons. The van der Waals surface area contributed by atoms with E-state index in [9.17, 15) is 9.90 Å². The molecule has 0 unspecified atom stereocenters. The molecular weight excluding hydrogens is 426 g/mol. The van der Waals surface area contributed by atoms with Gasteiger partial charge in [0, 0.05) is 54.0 Å². The van der Waals surface area contributed by atoms with E-state index in [1.165, 1.54) is 11.8 Å². The van der Waals surface area contributed by atoms with Crippen LogP contribution in [0.25, 0.3) is 16.7 Å². The Morgan fingerprint density at radius 2 is 1.85 bits per heavy atom. The van der Waals surface area contributed by atoms with Gasteiger partial charge >= 0.3 is 0 Å². The first-order valence-corrected chi connectivity index (χ1v) is 11.5. The van der Waals surface area contributed by atoms with Crippen molar-refractivity contribution >= 4 is 29.3 Å². The van der Waals surface area contributed by atoms with Crippen molar-refractivity contribution in [3.8, 4) is 11.4 Å². The normalized spacial score (nSPS) is 10.8. The second-order valence-corrected chi connectivity index (χ2v) is 8.26. The zero-order chi connectivity index (χ0) is 23.8. The molecule has 0 fully saturated rings. The maximum atomic E-state index is 10.3. The first-order valence-electron chi connectivity index (χ1n) is 11.5. The first-order chi connectivity index (χ1) is 16.7. The predicted molar refractivity (Wildman–Crippen MR) is 136 cm³/mol. The molecule has 0 aliphatic heterocycles. The molecule has 2 heterocycles. The molecule has 4 aromatic rings. The number of fused-ring (bicyclic) bond motifs is 1. The van der Waals surface area contributed by atoms with Crippen LogP contribution in [0.5, 0.6) is 5.75 Å². The molecule has 2 aromatic carbocycles. The number of benzene rings is 2. The highest BCUT2D eigenvalue weighted by Gasteiger charge is 2.09. The van der Waals surface area contributed by atoms with Crippen molar-refractivity contribution in [1.82, 2.24) is 14.9 Å². The van der Waals surface area contributed by atoms with Gasteiger partial charge in [0.05, 0.1) is 0 Å². The molecule has 7 nitrogen and oxygen atoms in total. The number of pyridine rings is 1. The molecular formula is C27H29N5O2. The summed E-state index contributed by atoms with van der Waals surface area (Å²) in [6.45, 7) is 1.33. The van der Waals surface area contributed by atoms with E-state index in [0.29, 0.717) is 6.54 Å². The Bertz CT molecular complexity index is 1260. The number of carbonyl (C=O) groups is 1. The highest BCUT2D eigenvalue weighted by atomic mass is 16.3. The van der Waals surface area contributed by atoms with Crippen molar-refractivity contribution in [2.75, 3.05) is 11.9 Å². The molecule has 0 saturated carbocycles. The summed E-state index contributed by atoms with van der Waals surface area (Å²) in [5.41, 5.74) is 5.77. The topological polar surface area (TPSA) is 103 Å². The van der Waals surface area contributed by atoms with Crippen LogP contribution in [-0.2, 0) is 17.8 Å². The van der Waals surface area contributed by atoms with Crippen molar-refractivity contribution in [3.63, 3.8) is 0 Å². The average molecular weight is 456 g/mol. The third kappa shape index (κ3) is 5.61. The number of nitrogens with zero attached hydrogens (tertiary/aromatic N) is 2. The third-order valence-electron chi connectivity index (χ3n) is 5.84. The zero-order valence-electron chi connectivity index (χ0n) is 19.0. The number of hydrogen-bond acceptors (Lipinski definition) is 5. The fraction of sp³-hybridized carbons (Fsp3) is 0.222. The number of aryl methyl sites for hydroxylation is 1. The van der Waals surface area contributed by atoms with Gasteiger partial charge in [-0.1, -0.05) is 18.6 Å². The second-order valence-electron chi connectivity index (χ2n) is 8.26. The lowest BCUT2D eigenvalue weighted by Crippen LogP contribution is -2.11. The molecule has 0 saturated heterocycles. The number of phenolic OH excluding ortho intramolecular Hbond substituents is 1. The minimum Gasteiger partial charge on any atom is -0.508 e. The third-order valence-corrected chi connectivity index (χ3v) is 5.84. The largest absolute Gasteiger partial charge is 0.508 e. The van der Waals surface area contributed by atoms with Gasteiger partial charge in [-0.15, -0.1) is 0 Å². The van der Waals surface area contributed by atoms with E-state index < -0.39 is 0 Å². The second kappa shape index (κ2) is 11.1. The summed E-state index contributed by atoms with van der Waals surface area (Å²) in [5, 5.41) is 24.5. The summed E-state index contributed by atoms with van der Waals surface area (Å²) in [7, 11) is 0. The van der Waals surface area contributed by atoms with Crippen molar-refractivity contribution in [2.24, 2.45) is 0 Å². The van der Waals surface area contributed by atoms with E-state index in [1.54, 1.807) is 12.1 Å². The number of amides is 1. The molecule has 7 heteroatoms. The van der Waals surface area contributed by atoms with Crippen molar-refractivity contribution in [2.45, 2.75) is 32.2 Å². The van der Waals surface area contributed by atoms with Gasteiger partial charge in [0.15, 0.2) is 0 Å². The Morgan fingerprint density at radius 3 is 2.65 bits per heavy atom. The fourth-order valence-electron chi connectivity index (χ4n) is 4.00. The number of rotatable bonds is 12. The summed E-state index contributed by atoms with van der Waals surface area (Å²) in [6.07, 6.45) is 10.1. The number of anilines is 1. The molecule has 0 aliphatic rings. The summed E-state index contributed by atoms with van der Waals surface area (Å²) >= 11 is 0. The highest BCUT2D eigenvalue weighted by molar-refractivity contribution is 5.87.